The fourth-order valence-electron chi connectivity index (χ4n) is 2.32. The lowest BCUT2D eigenvalue weighted by Gasteiger charge is -2.25. The van der Waals surface area contributed by atoms with Gasteiger partial charge in [-0.2, -0.15) is 0 Å². The Labute approximate surface area is 145 Å². The molecule has 0 aliphatic carbocycles. The van der Waals surface area contributed by atoms with E-state index in [9.17, 15) is 9.59 Å². The summed E-state index contributed by atoms with van der Waals surface area (Å²) in [5.74, 6) is 0.0135. The van der Waals surface area contributed by atoms with Gasteiger partial charge in [-0.25, -0.2) is 4.79 Å². The highest BCUT2D eigenvalue weighted by atomic mass is 16.6. The normalized spacial score (nSPS) is 16.6. The molecule has 25 heavy (non-hydrogen) atoms. The lowest BCUT2D eigenvalue weighted by atomic mass is 10.2. The number of rotatable bonds is 4. The molecule has 0 unspecified atom stereocenters. The summed E-state index contributed by atoms with van der Waals surface area (Å²) in [6.07, 6.45) is -1.85. The Morgan fingerprint density at radius 1 is 1.12 bits per heavy atom. The minimum absolute atomic E-state index is 0.0438. The summed E-state index contributed by atoms with van der Waals surface area (Å²) in [6.45, 7) is 3.52. The van der Waals surface area contributed by atoms with E-state index in [1.807, 2.05) is 25.1 Å². The van der Waals surface area contributed by atoms with Crippen molar-refractivity contribution in [3.63, 3.8) is 0 Å². The Morgan fingerprint density at radius 3 is 2.52 bits per heavy atom. The van der Waals surface area contributed by atoms with Gasteiger partial charge in [0.05, 0.1) is 0 Å². The van der Waals surface area contributed by atoms with Crippen molar-refractivity contribution in [1.29, 1.82) is 0 Å². The van der Waals surface area contributed by atoms with Crippen LogP contribution in [0.1, 0.15) is 12.5 Å². The highest BCUT2D eigenvalue weighted by Gasteiger charge is 2.31. The van der Waals surface area contributed by atoms with Gasteiger partial charge in [0.15, 0.2) is 17.6 Å². The molecule has 6 heteroatoms. The second kappa shape index (κ2) is 7.25. The van der Waals surface area contributed by atoms with E-state index in [0.29, 0.717) is 17.2 Å². The molecular weight excluding hydrogens is 322 g/mol. The summed E-state index contributed by atoms with van der Waals surface area (Å²) >= 11 is 0. The number of benzene rings is 2. The van der Waals surface area contributed by atoms with Gasteiger partial charge in [0.25, 0.3) is 5.91 Å². The van der Waals surface area contributed by atoms with Gasteiger partial charge in [-0.1, -0.05) is 29.8 Å². The molecule has 3 rings (SSSR count). The Morgan fingerprint density at radius 2 is 1.80 bits per heavy atom. The number of esters is 1. The van der Waals surface area contributed by atoms with Crippen LogP contribution in [0.4, 0.5) is 5.69 Å². The van der Waals surface area contributed by atoms with Crippen LogP contribution in [0.2, 0.25) is 0 Å². The van der Waals surface area contributed by atoms with Gasteiger partial charge >= 0.3 is 5.97 Å². The molecule has 6 nitrogen and oxygen atoms in total. The van der Waals surface area contributed by atoms with Gasteiger partial charge < -0.3 is 19.5 Å². The van der Waals surface area contributed by atoms with E-state index in [4.69, 9.17) is 14.2 Å². The molecule has 1 aliphatic heterocycles. The third-order valence-electron chi connectivity index (χ3n) is 3.75. The van der Waals surface area contributed by atoms with E-state index in [2.05, 4.69) is 5.32 Å². The Kier molecular flexibility index (Phi) is 4.88. The lowest BCUT2D eigenvalue weighted by molar-refractivity contribution is -0.162. The third kappa shape index (κ3) is 4.09. The number of hydrogen-bond acceptors (Lipinski definition) is 5. The number of aryl methyl sites for hydroxylation is 1. The van der Waals surface area contributed by atoms with Crippen LogP contribution < -0.4 is 14.8 Å². The summed E-state index contributed by atoms with van der Waals surface area (Å²) in [6, 6.07) is 14.4. The fourth-order valence-corrected chi connectivity index (χ4v) is 2.32. The first-order chi connectivity index (χ1) is 12.0. The number of carbonyl (C=O) groups is 2. The van der Waals surface area contributed by atoms with E-state index >= 15 is 0 Å². The van der Waals surface area contributed by atoms with Crippen LogP contribution in [0.15, 0.2) is 48.5 Å². The van der Waals surface area contributed by atoms with Gasteiger partial charge in [-0.15, -0.1) is 0 Å². The Hall–Kier alpha value is -3.02. The van der Waals surface area contributed by atoms with E-state index in [1.54, 1.807) is 30.3 Å². The maximum absolute atomic E-state index is 12.2. The number of carbonyl (C=O) groups excluding carboxylic acids is 2. The second-order valence-corrected chi connectivity index (χ2v) is 5.80. The quantitative estimate of drug-likeness (QED) is 0.866. The molecule has 1 N–H and O–H groups in total. The van der Waals surface area contributed by atoms with Gasteiger partial charge in [0, 0.05) is 5.69 Å². The number of hydrogen-bond donors (Lipinski definition) is 1. The molecule has 130 valence electrons. The SMILES string of the molecule is Cc1ccc(NC(=O)[C@H](C)OC(=O)[C@H]2COc3ccccc3O2)cc1. The third-order valence-corrected chi connectivity index (χ3v) is 3.75. The molecular formula is C19H19NO5. The maximum Gasteiger partial charge on any atom is 0.351 e. The molecule has 2 aromatic carbocycles. The molecule has 1 aliphatic rings. The Balaban J connectivity index is 1.55. The monoisotopic (exact) mass is 341 g/mol. The zero-order valence-electron chi connectivity index (χ0n) is 14.0. The van der Waals surface area contributed by atoms with Crippen molar-refractivity contribution in [2.75, 3.05) is 11.9 Å². The molecule has 1 heterocycles. The molecule has 2 aromatic rings. The largest absolute Gasteiger partial charge is 0.485 e. The van der Waals surface area contributed by atoms with Crippen LogP contribution in [-0.2, 0) is 14.3 Å². The maximum atomic E-state index is 12.2. The van der Waals surface area contributed by atoms with Crippen molar-refractivity contribution in [2.45, 2.75) is 26.1 Å². The molecule has 0 spiro atoms. The number of nitrogens with one attached hydrogen (secondary N) is 1. The van der Waals surface area contributed by atoms with Crippen molar-refractivity contribution >= 4 is 17.6 Å². The van der Waals surface area contributed by atoms with Crippen LogP contribution in [0.25, 0.3) is 0 Å². The number of anilines is 1. The van der Waals surface area contributed by atoms with Crippen LogP contribution in [0.3, 0.4) is 0 Å². The standard InChI is InChI=1S/C19H19NO5/c1-12-7-9-14(10-8-12)20-18(21)13(2)24-19(22)17-11-23-15-5-3-4-6-16(15)25-17/h3-10,13,17H,11H2,1-2H3,(H,20,21)/t13-,17+/m0/s1. The number of ether oxygens (including phenoxy) is 3. The molecule has 0 radical (unpaired) electrons. The number of para-hydroxylation sites is 2. The van der Waals surface area contributed by atoms with E-state index in [-0.39, 0.29) is 6.61 Å². The fraction of sp³-hybridized carbons (Fsp3) is 0.263. The lowest BCUT2D eigenvalue weighted by Crippen LogP contribution is -2.41. The molecule has 0 aromatic heterocycles. The topological polar surface area (TPSA) is 73.9 Å². The molecule has 2 atom stereocenters. The molecule has 0 saturated carbocycles. The van der Waals surface area contributed by atoms with Gasteiger partial charge in [-0.3, -0.25) is 4.79 Å². The van der Waals surface area contributed by atoms with E-state index in [0.717, 1.165) is 5.56 Å². The zero-order valence-corrected chi connectivity index (χ0v) is 14.0. The summed E-state index contributed by atoms with van der Waals surface area (Å²) in [4.78, 5) is 24.4. The highest BCUT2D eigenvalue weighted by molar-refractivity contribution is 5.95. The molecule has 0 saturated heterocycles. The van der Waals surface area contributed by atoms with Crippen LogP contribution in [-0.4, -0.2) is 30.7 Å². The number of fused-ring (bicyclic) bond motifs is 1. The summed E-state index contributed by atoms with van der Waals surface area (Å²) in [5.41, 5.74) is 1.73. The summed E-state index contributed by atoms with van der Waals surface area (Å²) in [5, 5.41) is 2.70. The summed E-state index contributed by atoms with van der Waals surface area (Å²) < 4.78 is 16.3. The molecule has 0 bridgehead atoms. The first-order valence-electron chi connectivity index (χ1n) is 7.99. The average molecular weight is 341 g/mol. The highest BCUT2D eigenvalue weighted by Crippen LogP contribution is 2.31. The molecule has 0 fully saturated rings. The zero-order chi connectivity index (χ0) is 17.8. The van der Waals surface area contributed by atoms with Crippen LogP contribution >= 0.6 is 0 Å². The van der Waals surface area contributed by atoms with Crippen molar-refractivity contribution in [1.82, 2.24) is 0 Å². The smallest absolute Gasteiger partial charge is 0.351 e. The average Bonchev–Trinajstić information content (AvgIpc) is 2.63. The second-order valence-electron chi connectivity index (χ2n) is 5.80. The van der Waals surface area contributed by atoms with E-state index in [1.165, 1.54) is 6.92 Å². The first kappa shape index (κ1) is 16.8. The van der Waals surface area contributed by atoms with Crippen LogP contribution in [0.5, 0.6) is 11.5 Å². The van der Waals surface area contributed by atoms with Crippen molar-refractivity contribution in [3.8, 4) is 11.5 Å². The Bertz CT molecular complexity index is 772. The van der Waals surface area contributed by atoms with Crippen molar-refractivity contribution in [2.24, 2.45) is 0 Å². The number of amides is 1. The van der Waals surface area contributed by atoms with Crippen molar-refractivity contribution in [3.05, 3.63) is 54.1 Å². The summed E-state index contributed by atoms with van der Waals surface area (Å²) in [7, 11) is 0. The minimum atomic E-state index is -0.949. The predicted molar refractivity (Wildman–Crippen MR) is 91.7 cm³/mol. The van der Waals surface area contributed by atoms with E-state index < -0.39 is 24.1 Å². The minimum Gasteiger partial charge on any atom is -0.485 e. The van der Waals surface area contributed by atoms with Crippen molar-refractivity contribution < 1.29 is 23.8 Å². The molecule has 1 amide bonds. The van der Waals surface area contributed by atoms with Gasteiger partial charge in [0.2, 0.25) is 6.10 Å². The van der Waals surface area contributed by atoms with Crippen LogP contribution in [0, 0.1) is 6.92 Å². The predicted octanol–water partition coefficient (Wildman–Crippen LogP) is 2.71. The van der Waals surface area contributed by atoms with Gasteiger partial charge in [0.1, 0.15) is 6.61 Å². The van der Waals surface area contributed by atoms with Gasteiger partial charge in [-0.05, 0) is 38.1 Å². The first-order valence-corrected chi connectivity index (χ1v) is 7.99.